The first kappa shape index (κ1) is 13.7. The Hall–Kier alpha value is -1.71. The van der Waals surface area contributed by atoms with Gasteiger partial charge in [0.2, 0.25) is 0 Å². The zero-order valence-corrected chi connectivity index (χ0v) is 11.8. The normalized spacial score (nSPS) is 26.2. The Morgan fingerprint density at radius 3 is 2.68 bits per heavy atom. The highest BCUT2D eigenvalue weighted by atomic mass is 16.5. The van der Waals surface area contributed by atoms with Crippen LogP contribution in [0.25, 0.3) is 0 Å². The smallest absolute Gasteiger partial charge is 0.255 e. The summed E-state index contributed by atoms with van der Waals surface area (Å²) >= 11 is 0. The van der Waals surface area contributed by atoms with Gasteiger partial charge in [0.25, 0.3) is 5.91 Å². The van der Waals surface area contributed by atoms with Gasteiger partial charge in [0.1, 0.15) is 0 Å². The van der Waals surface area contributed by atoms with Crippen molar-refractivity contribution in [1.29, 1.82) is 0 Å². The van der Waals surface area contributed by atoms with E-state index in [9.17, 15) is 4.79 Å². The Bertz CT molecular complexity index is 473. The number of nitrogen functional groups attached to an aromatic ring is 1. The maximum absolute atomic E-state index is 12.3. The molecule has 2 rings (SSSR count). The van der Waals surface area contributed by atoms with Gasteiger partial charge in [-0.3, -0.25) is 4.79 Å². The van der Waals surface area contributed by atoms with Crippen molar-refractivity contribution in [2.24, 2.45) is 11.8 Å². The first-order valence-electron chi connectivity index (χ1n) is 6.78. The molecule has 1 aliphatic carbocycles. The van der Waals surface area contributed by atoms with Gasteiger partial charge in [-0.25, -0.2) is 0 Å². The summed E-state index contributed by atoms with van der Waals surface area (Å²) in [7, 11) is 1.53. The molecule has 1 aromatic rings. The summed E-state index contributed by atoms with van der Waals surface area (Å²) in [5.41, 5.74) is 6.82. The van der Waals surface area contributed by atoms with E-state index in [1.807, 2.05) is 0 Å². The number of ether oxygens (including phenoxy) is 1. The molecule has 0 saturated heterocycles. The lowest BCUT2D eigenvalue weighted by Gasteiger charge is -2.20. The number of anilines is 1. The van der Waals surface area contributed by atoms with Crippen molar-refractivity contribution in [1.82, 2.24) is 5.32 Å². The Kier molecular flexibility index (Phi) is 3.98. The molecule has 0 heterocycles. The third-order valence-corrected chi connectivity index (χ3v) is 4.28. The lowest BCUT2D eigenvalue weighted by Crippen LogP contribution is -2.37. The number of carbonyl (C=O) groups excluding carboxylic acids is 1. The van der Waals surface area contributed by atoms with Gasteiger partial charge < -0.3 is 15.8 Å². The van der Waals surface area contributed by atoms with Gasteiger partial charge in [-0.15, -0.1) is 0 Å². The van der Waals surface area contributed by atoms with Crippen LogP contribution in [-0.4, -0.2) is 19.1 Å². The first-order chi connectivity index (χ1) is 9.04. The summed E-state index contributed by atoms with van der Waals surface area (Å²) in [6.07, 6.45) is 2.21. The molecule has 104 valence electrons. The predicted octanol–water partition coefficient (Wildman–Crippen LogP) is 2.44. The van der Waals surface area contributed by atoms with Crippen LogP contribution in [0.3, 0.4) is 0 Å². The van der Waals surface area contributed by atoms with Crippen molar-refractivity contribution in [3.63, 3.8) is 0 Å². The lowest BCUT2D eigenvalue weighted by molar-refractivity contribution is 0.0924. The molecule has 0 aliphatic heterocycles. The Morgan fingerprint density at radius 1 is 1.37 bits per heavy atom. The van der Waals surface area contributed by atoms with Gasteiger partial charge in [0, 0.05) is 6.04 Å². The Morgan fingerprint density at radius 2 is 2.11 bits per heavy atom. The maximum Gasteiger partial charge on any atom is 0.255 e. The van der Waals surface area contributed by atoms with E-state index >= 15 is 0 Å². The van der Waals surface area contributed by atoms with Gasteiger partial charge in [0.05, 0.1) is 18.4 Å². The second-order valence-corrected chi connectivity index (χ2v) is 5.42. The maximum atomic E-state index is 12.3. The minimum absolute atomic E-state index is 0.102. The Balaban J connectivity index is 2.15. The zero-order chi connectivity index (χ0) is 14.0. The zero-order valence-electron chi connectivity index (χ0n) is 11.8. The van der Waals surface area contributed by atoms with Crippen molar-refractivity contribution in [2.75, 3.05) is 12.8 Å². The van der Waals surface area contributed by atoms with Crippen molar-refractivity contribution in [3.8, 4) is 5.75 Å². The molecule has 0 radical (unpaired) electrons. The van der Waals surface area contributed by atoms with Crippen LogP contribution in [0.15, 0.2) is 18.2 Å². The van der Waals surface area contributed by atoms with E-state index in [1.54, 1.807) is 18.2 Å². The van der Waals surface area contributed by atoms with Crippen LogP contribution in [0.2, 0.25) is 0 Å². The molecule has 3 N–H and O–H groups in total. The fourth-order valence-electron chi connectivity index (χ4n) is 2.78. The summed E-state index contributed by atoms with van der Waals surface area (Å²) in [5, 5.41) is 3.10. The quantitative estimate of drug-likeness (QED) is 0.822. The first-order valence-corrected chi connectivity index (χ1v) is 6.78. The van der Waals surface area contributed by atoms with Crippen LogP contribution in [0.1, 0.15) is 37.0 Å². The molecule has 4 nitrogen and oxygen atoms in total. The number of rotatable bonds is 3. The van der Waals surface area contributed by atoms with E-state index in [0.717, 1.165) is 6.42 Å². The fraction of sp³-hybridized carbons (Fsp3) is 0.533. The number of para-hydroxylation sites is 1. The third-order valence-electron chi connectivity index (χ3n) is 4.28. The number of carbonyl (C=O) groups is 1. The number of benzene rings is 1. The van der Waals surface area contributed by atoms with Gasteiger partial charge in [0.15, 0.2) is 5.75 Å². The molecule has 4 heteroatoms. The highest BCUT2D eigenvalue weighted by molar-refractivity contribution is 5.98. The average molecular weight is 262 g/mol. The number of hydrogen-bond acceptors (Lipinski definition) is 3. The van der Waals surface area contributed by atoms with Crippen LogP contribution in [-0.2, 0) is 0 Å². The van der Waals surface area contributed by atoms with E-state index in [0.29, 0.717) is 28.8 Å². The molecule has 3 unspecified atom stereocenters. The highest BCUT2D eigenvalue weighted by Crippen LogP contribution is 2.32. The van der Waals surface area contributed by atoms with Gasteiger partial charge in [-0.2, -0.15) is 0 Å². The largest absolute Gasteiger partial charge is 0.494 e. The van der Waals surface area contributed by atoms with Crippen LogP contribution >= 0.6 is 0 Å². The van der Waals surface area contributed by atoms with Crippen molar-refractivity contribution >= 4 is 11.6 Å². The molecule has 1 amide bonds. The van der Waals surface area contributed by atoms with E-state index in [2.05, 4.69) is 19.2 Å². The van der Waals surface area contributed by atoms with E-state index in [1.165, 1.54) is 13.5 Å². The molecule has 0 aromatic heterocycles. The van der Waals surface area contributed by atoms with Crippen molar-refractivity contribution in [3.05, 3.63) is 23.8 Å². The number of amides is 1. The summed E-state index contributed by atoms with van der Waals surface area (Å²) in [6, 6.07) is 5.49. The van der Waals surface area contributed by atoms with Crippen molar-refractivity contribution < 1.29 is 9.53 Å². The molecule has 0 bridgehead atoms. The van der Waals surface area contributed by atoms with Crippen molar-refractivity contribution in [2.45, 2.75) is 32.7 Å². The standard InChI is InChI=1S/C15H22N2O2/c1-9-7-8-13(10(9)2)17-15(18)11-5-4-6-12(16)14(11)19-3/h4-6,9-10,13H,7-8,16H2,1-3H3,(H,17,18). The summed E-state index contributed by atoms with van der Waals surface area (Å²) < 4.78 is 5.22. The molecule has 1 fully saturated rings. The highest BCUT2D eigenvalue weighted by Gasteiger charge is 2.31. The monoisotopic (exact) mass is 262 g/mol. The van der Waals surface area contributed by atoms with Crippen LogP contribution in [0.4, 0.5) is 5.69 Å². The SMILES string of the molecule is COc1c(N)cccc1C(=O)NC1CCC(C)C1C. The number of hydrogen-bond donors (Lipinski definition) is 2. The number of nitrogens with one attached hydrogen (secondary N) is 1. The summed E-state index contributed by atoms with van der Waals surface area (Å²) in [6.45, 7) is 4.43. The summed E-state index contributed by atoms with van der Waals surface area (Å²) in [5.74, 6) is 1.53. The predicted molar refractivity (Wildman–Crippen MR) is 76.2 cm³/mol. The van der Waals surface area contributed by atoms with E-state index < -0.39 is 0 Å². The van der Waals surface area contributed by atoms with Crippen LogP contribution in [0.5, 0.6) is 5.75 Å². The third kappa shape index (κ3) is 2.67. The molecular formula is C15H22N2O2. The van der Waals surface area contributed by atoms with Gasteiger partial charge in [-0.1, -0.05) is 19.9 Å². The second kappa shape index (κ2) is 5.51. The molecule has 0 spiro atoms. The van der Waals surface area contributed by atoms with E-state index in [-0.39, 0.29) is 11.9 Å². The number of nitrogens with two attached hydrogens (primary N) is 1. The second-order valence-electron chi connectivity index (χ2n) is 5.42. The van der Waals surface area contributed by atoms with Crippen LogP contribution < -0.4 is 15.8 Å². The van der Waals surface area contributed by atoms with Gasteiger partial charge in [-0.05, 0) is 36.8 Å². The van der Waals surface area contributed by atoms with E-state index in [4.69, 9.17) is 10.5 Å². The fourth-order valence-corrected chi connectivity index (χ4v) is 2.78. The molecule has 1 aliphatic rings. The topological polar surface area (TPSA) is 64.3 Å². The van der Waals surface area contributed by atoms with Crippen LogP contribution in [0, 0.1) is 11.8 Å². The molecular weight excluding hydrogens is 240 g/mol. The molecule has 1 saturated carbocycles. The molecule has 1 aromatic carbocycles. The summed E-state index contributed by atoms with van der Waals surface area (Å²) in [4.78, 5) is 12.3. The Labute approximate surface area is 114 Å². The van der Waals surface area contributed by atoms with Gasteiger partial charge >= 0.3 is 0 Å². The average Bonchev–Trinajstić information content (AvgIpc) is 2.70. The number of methoxy groups -OCH3 is 1. The minimum Gasteiger partial charge on any atom is -0.494 e. The lowest BCUT2D eigenvalue weighted by atomic mass is 9.97. The molecule has 3 atom stereocenters. The minimum atomic E-state index is -0.102. The molecule has 19 heavy (non-hydrogen) atoms.